The average Bonchev–Trinajstić information content (AvgIpc) is 2.67. The molecule has 0 heterocycles. The molecule has 8 heteroatoms. The van der Waals surface area contributed by atoms with Crippen molar-refractivity contribution in [3.05, 3.63) is 53.6 Å². The molecule has 0 aliphatic heterocycles. The fraction of sp³-hybridized carbons (Fsp3) is 0.286. The summed E-state index contributed by atoms with van der Waals surface area (Å²) >= 11 is 0. The van der Waals surface area contributed by atoms with Crippen LogP contribution in [0.1, 0.15) is 29.8 Å². The van der Waals surface area contributed by atoms with E-state index in [0.29, 0.717) is 22.7 Å². The molecule has 0 aliphatic rings. The largest absolute Gasteiger partial charge is 0.482 e. The number of ether oxygens (including phenoxy) is 2. The van der Waals surface area contributed by atoms with E-state index in [2.05, 4.69) is 20.7 Å². The standard InChI is InChI=1S/C21H25N3O5/c1-13(2)22-21(27)23-16-7-5-6-15(11-16)20(26)24-18-9-8-17(10-14(18)3)29-12-19(25)28-4/h5-11,13H,12H2,1-4H3,(H,24,26)(H2,22,23,27). The van der Waals surface area contributed by atoms with Gasteiger partial charge in [0.2, 0.25) is 0 Å². The van der Waals surface area contributed by atoms with Gasteiger partial charge in [0.25, 0.3) is 5.91 Å². The second-order valence-corrected chi connectivity index (χ2v) is 6.63. The number of urea groups is 1. The Labute approximate surface area is 169 Å². The van der Waals surface area contributed by atoms with Crippen molar-refractivity contribution in [3.63, 3.8) is 0 Å². The van der Waals surface area contributed by atoms with E-state index in [9.17, 15) is 14.4 Å². The number of nitrogens with one attached hydrogen (secondary N) is 3. The monoisotopic (exact) mass is 399 g/mol. The van der Waals surface area contributed by atoms with Crippen LogP contribution in [0.3, 0.4) is 0 Å². The third-order valence-electron chi connectivity index (χ3n) is 3.83. The van der Waals surface area contributed by atoms with Gasteiger partial charge < -0.3 is 25.4 Å². The molecular formula is C21H25N3O5. The van der Waals surface area contributed by atoms with E-state index in [4.69, 9.17) is 4.74 Å². The van der Waals surface area contributed by atoms with Crippen LogP contribution < -0.4 is 20.7 Å². The first kappa shape index (κ1) is 21.7. The van der Waals surface area contributed by atoms with E-state index in [1.54, 1.807) is 42.5 Å². The molecule has 2 aromatic rings. The third kappa shape index (κ3) is 6.84. The number of esters is 1. The zero-order valence-corrected chi connectivity index (χ0v) is 16.9. The smallest absolute Gasteiger partial charge is 0.343 e. The van der Waals surface area contributed by atoms with Gasteiger partial charge in [0.1, 0.15) is 5.75 Å². The summed E-state index contributed by atoms with van der Waals surface area (Å²) in [5, 5.41) is 8.24. The Hall–Kier alpha value is -3.55. The summed E-state index contributed by atoms with van der Waals surface area (Å²) in [5.74, 6) is -0.298. The third-order valence-corrected chi connectivity index (χ3v) is 3.83. The van der Waals surface area contributed by atoms with Crippen LogP contribution in [-0.2, 0) is 9.53 Å². The second kappa shape index (κ2) is 10.1. The normalized spacial score (nSPS) is 10.2. The highest BCUT2D eigenvalue weighted by molar-refractivity contribution is 6.05. The van der Waals surface area contributed by atoms with Gasteiger partial charge in [0.15, 0.2) is 6.61 Å². The zero-order valence-electron chi connectivity index (χ0n) is 16.9. The Bertz CT molecular complexity index is 896. The molecule has 0 aromatic heterocycles. The van der Waals surface area contributed by atoms with Crippen molar-refractivity contribution >= 4 is 29.3 Å². The molecule has 2 aromatic carbocycles. The Morgan fingerprint density at radius 3 is 2.45 bits per heavy atom. The minimum Gasteiger partial charge on any atom is -0.482 e. The molecule has 0 bridgehead atoms. The van der Waals surface area contributed by atoms with Crippen molar-refractivity contribution in [2.75, 3.05) is 24.4 Å². The van der Waals surface area contributed by atoms with Crippen LogP contribution in [0, 0.1) is 6.92 Å². The van der Waals surface area contributed by atoms with Gasteiger partial charge >= 0.3 is 12.0 Å². The van der Waals surface area contributed by atoms with Crippen molar-refractivity contribution in [1.29, 1.82) is 0 Å². The Morgan fingerprint density at radius 2 is 1.79 bits per heavy atom. The zero-order chi connectivity index (χ0) is 21.4. The number of hydrogen-bond donors (Lipinski definition) is 3. The van der Waals surface area contributed by atoms with E-state index >= 15 is 0 Å². The van der Waals surface area contributed by atoms with Crippen LogP contribution in [-0.4, -0.2) is 37.7 Å². The summed E-state index contributed by atoms with van der Waals surface area (Å²) in [6.45, 7) is 5.34. The Morgan fingerprint density at radius 1 is 1.03 bits per heavy atom. The van der Waals surface area contributed by atoms with Crippen LogP contribution >= 0.6 is 0 Å². The quantitative estimate of drug-likeness (QED) is 0.619. The first-order valence-corrected chi connectivity index (χ1v) is 9.07. The maximum atomic E-state index is 12.6. The van der Waals surface area contributed by atoms with Gasteiger partial charge in [-0.15, -0.1) is 0 Å². The van der Waals surface area contributed by atoms with Gasteiger partial charge in [0, 0.05) is 23.0 Å². The van der Waals surface area contributed by atoms with Crippen LogP contribution in [0.4, 0.5) is 16.2 Å². The van der Waals surface area contributed by atoms with Gasteiger partial charge in [-0.2, -0.15) is 0 Å². The molecule has 0 saturated carbocycles. The maximum absolute atomic E-state index is 12.6. The van der Waals surface area contributed by atoms with E-state index in [-0.39, 0.29) is 24.6 Å². The number of benzene rings is 2. The number of carbonyl (C=O) groups excluding carboxylic acids is 3. The van der Waals surface area contributed by atoms with Gasteiger partial charge in [-0.25, -0.2) is 9.59 Å². The minimum atomic E-state index is -0.476. The molecule has 0 fully saturated rings. The number of rotatable bonds is 7. The molecule has 2 rings (SSSR count). The fourth-order valence-corrected chi connectivity index (χ4v) is 2.43. The van der Waals surface area contributed by atoms with Gasteiger partial charge in [-0.3, -0.25) is 4.79 Å². The highest BCUT2D eigenvalue weighted by Gasteiger charge is 2.11. The maximum Gasteiger partial charge on any atom is 0.343 e. The van der Waals surface area contributed by atoms with Crippen molar-refractivity contribution in [2.45, 2.75) is 26.8 Å². The number of amides is 3. The summed E-state index contributed by atoms with van der Waals surface area (Å²) in [7, 11) is 1.29. The van der Waals surface area contributed by atoms with Crippen molar-refractivity contribution in [2.24, 2.45) is 0 Å². The topological polar surface area (TPSA) is 106 Å². The van der Waals surface area contributed by atoms with Crippen molar-refractivity contribution in [1.82, 2.24) is 5.32 Å². The second-order valence-electron chi connectivity index (χ2n) is 6.63. The number of anilines is 2. The lowest BCUT2D eigenvalue weighted by atomic mass is 10.1. The summed E-state index contributed by atoms with van der Waals surface area (Å²) in [6, 6.07) is 11.4. The molecule has 0 unspecified atom stereocenters. The lowest BCUT2D eigenvalue weighted by molar-refractivity contribution is -0.142. The summed E-state index contributed by atoms with van der Waals surface area (Å²) in [6.07, 6.45) is 0. The van der Waals surface area contributed by atoms with Crippen LogP contribution in [0.5, 0.6) is 5.75 Å². The summed E-state index contributed by atoms with van der Waals surface area (Å²) in [5.41, 5.74) is 2.29. The lowest BCUT2D eigenvalue weighted by Crippen LogP contribution is -2.34. The van der Waals surface area contributed by atoms with Crippen LogP contribution in [0.2, 0.25) is 0 Å². The van der Waals surface area contributed by atoms with Gasteiger partial charge in [-0.05, 0) is 62.7 Å². The van der Waals surface area contributed by atoms with E-state index < -0.39 is 5.97 Å². The highest BCUT2D eigenvalue weighted by atomic mass is 16.6. The molecule has 0 aliphatic carbocycles. The fourth-order valence-electron chi connectivity index (χ4n) is 2.43. The summed E-state index contributed by atoms with van der Waals surface area (Å²) in [4.78, 5) is 35.6. The molecule has 0 radical (unpaired) electrons. The first-order chi connectivity index (χ1) is 13.8. The number of hydrogen-bond acceptors (Lipinski definition) is 5. The molecular weight excluding hydrogens is 374 g/mol. The van der Waals surface area contributed by atoms with E-state index in [1.807, 2.05) is 20.8 Å². The molecule has 0 atom stereocenters. The van der Waals surface area contributed by atoms with Crippen molar-refractivity contribution in [3.8, 4) is 5.75 Å². The number of methoxy groups -OCH3 is 1. The molecule has 29 heavy (non-hydrogen) atoms. The lowest BCUT2D eigenvalue weighted by Gasteiger charge is -2.13. The molecule has 154 valence electrons. The molecule has 0 spiro atoms. The predicted molar refractivity (Wildman–Crippen MR) is 110 cm³/mol. The number of carbonyl (C=O) groups is 3. The molecule has 3 amide bonds. The first-order valence-electron chi connectivity index (χ1n) is 9.07. The SMILES string of the molecule is COC(=O)COc1ccc(NC(=O)c2cccc(NC(=O)NC(C)C)c2)c(C)c1. The van der Waals surface area contributed by atoms with Gasteiger partial charge in [-0.1, -0.05) is 6.07 Å². The van der Waals surface area contributed by atoms with Crippen LogP contribution in [0.25, 0.3) is 0 Å². The molecule has 3 N–H and O–H groups in total. The van der Waals surface area contributed by atoms with E-state index in [0.717, 1.165) is 5.56 Å². The minimum absolute atomic E-state index is 0.00373. The summed E-state index contributed by atoms with van der Waals surface area (Å²) < 4.78 is 9.86. The van der Waals surface area contributed by atoms with E-state index in [1.165, 1.54) is 7.11 Å². The average molecular weight is 399 g/mol. The van der Waals surface area contributed by atoms with Crippen LogP contribution in [0.15, 0.2) is 42.5 Å². The Balaban J connectivity index is 2.03. The Kier molecular flexibility index (Phi) is 7.59. The highest BCUT2D eigenvalue weighted by Crippen LogP contribution is 2.22. The number of aryl methyl sites for hydroxylation is 1. The molecule has 0 saturated heterocycles. The molecule has 8 nitrogen and oxygen atoms in total. The predicted octanol–water partition coefficient (Wildman–Crippen LogP) is 3.33. The van der Waals surface area contributed by atoms with Gasteiger partial charge in [0.05, 0.1) is 7.11 Å². The van der Waals surface area contributed by atoms with Crippen molar-refractivity contribution < 1.29 is 23.9 Å².